The fourth-order valence-electron chi connectivity index (χ4n) is 2.84. The Kier molecular flexibility index (Phi) is 8.83. The fourth-order valence-corrected chi connectivity index (χ4v) is 2.84. The predicted octanol–water partition coefficient (Wildman–Crippen LogP) is 2.79. The molecule has 1 aromatic carbocycles. The van der Waals surface area contributed by atoms with Crippen LogP contribution in [0, 0.1) is 0 Å². The van der Waals surface area contributed by atoms with Gasteiger partial charge in [-0.05, 0) is 18.1 Å². The summed E-state index contributed by atoms with van der Waals surface area (Å²) in [5.41, 5.74) is 7.37. The highest BCUT2D eigenvalue weighted by Crippen LogP contribution is 2.24. The number of carboxylic acids is 1. The van der Waals surface area contributed by atoms with E-state index in [1.165, 1.54) is 4.57 Å². The molecule has 34 heavy (non-hydrogen) atoms. The fraction of sp³-hybridized carbons (Fsp3) is 0.300. The molecule has 0 unspecified atom stereocenters. The molecule has 9 nitrogen and oxygen atoms in total. The quantitative estimate of drug-likeness (QED) is 0.438. The first-order chi connectivity index (χ1) is 16.0. The third kappa shape index (κ3) is 6.84. The van der Waals surface area contributed by atoms with Crippen LogP contribution in [-0.4, -0.2) is 48.3 Å². The molecule has 0 saturated heterocycles. The van der Waals surface area contributed by atoms with E-state index in [0.717, 1.165) is 23.2 Å². The number of aromatic amines is 1. The third-order valence-electron chi connectivity index (χ3n) is 4.58. The summed E-state index contributed by atoms with van der Waals surface area (Å²) in [5, 5.41) is 17.6. The van der Waals surface area contributed by atoms with Crippen molar-refractivity contribution in [2.45, 2.75) is 32.6 Å². The normalized spacial score (nSPS) is 11.0. The summed E-state index contributed by atoms with van der Waals surface area (Å²) in [5.74, 6) is -2.54. The van der Waals surface area contributed by atoms with Crippen molar-refractivity contribution in [1.82, 2.24) is 24.5 Å². The number of aromatic nitrogens is 5. The molecule has 0 radical (unpaired) electrons. The van der Waals surface area contributed by atoms with Gasteiger partial charge in [0.25, 0.3) is 6.08 Å². The van der Waals surface area contributed by atoms with Crippen molar-refractivity contribution < 1.29 is 31.9 Å². The zero-order valence-corrected chi connectivity index (χ0v) is 17.8. The van der Waals surface area contributed by atoms with E-state index < -0.39 is 23.9 Å². The molecule has 0 bridgehead atoms. The van der Waals surface area contributed by atoms with E-state index in [0.29, 0.717) is 0 Å². The SMILES string of the molecule is CCn1cc(-c2ccccc2Cn2c(CC(CN)=C(F)F)n[nH]c2=O)cn1.O=C(O)C(F)(F)F. The first-order valence-corrected chi connectivity index (χ1v) is 9.75. The van der Waals surface area contributed by atoms with Crippen molar-refractivity contribution >= 4 is 5.97 Å². The van der Waals surface area contributed by atoms with E-state index in [1.807, 2.05) is 42.1 Å². The first kappa shape index (κ1) is 26.4. The zero-order valence-electron chi connectivity index (χ0n) is 17.8. The number of aliphatic carboxylic acids is 1. The number of H-pyrrole nitrogens is 1. The molecule has 0 atom stereocenters. The van der Waals surface area contributed by atoms with Crippen molar-refractivity contribution in [3.8, 4) is 11.1 Å². The van der Waals surface area contributed by atoms with Gasteiger partial charge in [0, 0.05) is 36.8 Å². The molecule has 0 aliphatic heterocycles. The van der Waals surface area contributed by atoms with Crippen LogP contribution in [0.15, 0.2) is 53.1 Å². The van der Waals surface area contributed by atoms with Crippen molar-refractivity contribution in [3.63, 3.8) is 0 Å². The van der Waals surface area contributed by atoms with Crippen molar-refractivity contribution in [3.05, 3.63) is 70.2 Å². The van der Waals surface area contributed by atoms with E-state index >= 15 is 0 Å². The molecule has 184 valence electrons. The Morgan fingerprint density at radius 1 is 1.24 bits per heavy atom. The number of halogens is 5. The Labute approximate surface area is 189 Å². The summed E-state index contributed by atoms with van der Waals surface area (Å²) in [4.78, 5) is 21.1. The summed E-state index contributed by atoms with van der Waals surface area (Å²) >= 11 is 0. The zero-order chi connectivity index (χ0) is 25.5. The largest absolute Gasteiger partial charge is 0.490 e. The van der Waals surface area contributed by atoms with Gasteiger partial charge in [-0.15, -0.1) is 0 Å². The molecular weight excluding hydrogens is 467 g/mol. The number of nitrogens with one attached hydrogen (secondary N) is 1. The highest BCUT2D eigenvalue weighted by molar-refractivity contribution is 5.73. The second-order valence-corrected chi connectivity index (χ2v) is 6.82. The third-order valence-corrected chi connectivity index (χ3v) is 4.58. The van der Waals surface area contributed by atoms with E-state index in [1.54, 1.807) is 6.20 Å². The van der Waals surface area contributed by atoms with Crippen LogP contribution >= 0.6 is 0 Å². The second-order valence-electron chi connectivity index (χ2n) is 6.82. The molecule has 0 aliphatic rings. The molecule has 2 aromatic heterocycles. The standard InChI is InChI=1S/C18H20F2N6O.C2HF3O2/c1-2-25-10-14(9-22-25)15-6-4-3-5-12(15)11-26-16(23-24-18(26)27)7-13(8-21)17(19)20;3-2(4,5)1(6)7/h3-6,9-10H,2,7-8,11,21H2,1H3,(H,24,27);(H,6,7). The number of hydrogen-bond donors (Lipinski definition) is 3. The molecule has 14 heteroatoms. The topological polar surface area (TPSA) is 132 Å². The number of benzene rings is 1. The van der Waals surface area contributed by atoms with Gasteiger partial charge in [0.05, 0.1) is 12.7 Å². The number of rotatable bonds is 7. The van der Waals surface area contributed by atoms with Crippen molar-refractivity contribution in [1.29, 1.82) is 0 Å². The molecule has 3 rings (SSSR count). The summed E-state index contributed by atoms with van der Waals surface area (Å²) in [6.45, 7) is 2.64. The number of carboxylic acid groups (broad SMARTS) is 1. The Morgan fingerprint density at radius 3 is 2.41 bits per heavy atom. The number of carbonyl (C=O) groups is 1. The van der Waals surface area contributed by atoms with Crippen LogP contribution in [0.1, 0.15) is 18.3 Å². The first-order valence-electron chi connectivity index (χ1n) is 9.75. The van der Waals surface area contributed by atoms with Gasteiger partial charge in [0.2, 0.25) is 0 Å². The van der Waals surface area contributed by atoms with E-state index in [9.17, 15) is 26.7 Å². The maximum absolute atomic E-state index is 12.9. The monoisotopic (exact) mass is 488 g/mol. The van der Waals surface area contributed by atoms with Gasteiger partial charge in [0.15, 0.2) is 0 Å². The number of nitrogens with zero attached hydrogens (tertiary/aromatic N) is 4. The average Bonchev–Trinajstić information content (AvgIpc) is 3.39. The number of aryl methyl sites for hydroxylation is 1. The van der Waals surface area contributed by atoms with Gasteiger partial charge in [-0.1, -0.05) is 24.3 Å². The van der Waals surface area contributed by atoms with Crippen LogP contribution < -0.4 is 11.4 Å². The van der Waals surface area contributed by atoms with Gasteiger partial charge in [-0.2, -0.15) is 32.1 Å². The highest BCUT2D eigenvalue weighted by Gasteiger charge is 2.38. The predicted molar refractivity (Wildman–Crippen MR) is 111 cm³/mol. The van der Waals surface area contributed by atoms with E-state index in [-0.39, 0.29) is 30.9 Å². The minimum atomic E-state index is -5.08. The van der Waals surface area contributed by atoms with Crippen molar-refractivity contribution in [2.75, 3.05) is 6.54 Å². The van der Waals surface area contributed by atoms with Crippen LogP contribution in [0.3, 0.4) is 0 Å². The maximum Gasteiger partial charge on any atom is 0.490 e. The molecule has 4 N–H and O–H groups in total. The van der Waals surface area contributed by atoms with Crippen LogP contribution in [0.2, 0.25) is 0 Å². The summed E-state index contributed by atoms with van der Waals surface area (Å²) < 4.78 is 60.8. The summed E-state index contributed by atoms with van der Waals surface area (Å²) in [7, 11) is 0. The minimum absolute atomic E-state index is 0.187. The Bertz CT molecular complexity index is 1210. The lowest BCUT2D eigenvalue weighted by Gasteiger charge is -2.11. The van der Waals surface area contributed by atoms with Crippen LogP contribution in [0.4, 0.5) is 22.0 Å². The van der Waals surface area contributed by atoms with Crippen LogP contribution in [0.5, 0.6) is 0 Å². The number of alkyl halides is 3. The van der Waals surface area contributed by atoms with Gasteiger partial charge >= 0.3 is 17.8 Å². The highest BCUT2D eigenvalue weighted by atomic mass is 19.4. The molecule has 0 aliphatic carbocycles. The summed E-state index contributed by atoms with van der Waals surface area (Å²) in [6, 6.07) is 7.58. The lowest BCUT2D eigenvalue weighted by atomic mass is 10.0. The lowest BCUT2D eigenvalue weighted by molar-refractivity contribution is -0.192. The Balaban J connectivity index is 0.000000509. The van der Waals surface area contributed by atoms with E-state index in [2.05, 4.69) is 15.3 Å². The second kappa shape index (κ2) is 11.4. The Hall–Kier alpha value is -3.81. The molecule has 0 spiro atoms. The van der Waals surface area contributed by atoms with Gasteiger partial charge in [-0.25, -0.2) is 14.7 Å². The summed E-state index contributed by atoms with van der Waals surface area (Å²) in [6.07, 6.45) is -3.43. The van der Waals surface area contributed by atoms with Crippen molar-refractivity contribution in [2.24, 2.45) is 5.73 Å². The molecule has 0 fully saturated rings. The average molecular weight is 488 g/mol. The van der Waals surface area contributed by atoms with Gasteiger partial charge < -0.3 is 10.8 Å². The van der Waals surface area contributed by atoms with Gasteiger partial charge in [0.1, 0.15) is 5.82 Å². The molecular formula is C20H21F5N6O3. The van der Waals surface area contributed by atoms with E-state index in [4.69, 9.17) is 15.6 Å². The maximum atomic E-state index is 12.9. The van der Waals surface area contributed by atoms with Gasteiger partial charge in [-0.3, -0.25) is 9.25 Å². The molecule has 2 heterocycles. The number of hydrogen-bond acceptors (Lipinski definition) is 5. The lowest BCUT2D eigenvalue weighted by Crippen LogP contribution is -2.21. The molecule has 0 saturated carbocycles. The number of nitrogens with two attached hydrogens (primary N) is 1. The van der Waals surface area contributed by atoms with Crippen LogP contribution in [0.25, 0.3) is 11.1 Å². The minimum Gasteiger partial charge on any atom is -0.475 e. The Morgan fingerprint density at radius 2 is 1.88 bits per heavy atom. The van der Waals surface area contributed by atoms with Crippen LogP contribution in [-0.2, 0) is 24.3 Å². The molecule has 3 aromatic rings. The smallest absolute Gasteiger partial charge is 0.475 e. The molecule has 0 amide bonds.